The third-order valence-electron chi connectivity index (χ3n) is 31.9. The van der Waals surface area contributed by atoms with Crippen LogP contribution in [-0.4, -0.2) is 27.8 Å². The number of rotatable bonds is 49. The Labute approximate surface area is 768 Å². The third kappa shape index (κ3) is 20.0. The first-order valence-corrected chi connectivity index (χ1v) is 51.7. The summed E-state index contributed by atoms with van der Waals surface area (Å²) in [5.41, 5.74) is 31.9. The zero-order valence-corrected chi connectivity index (χ0v) is 82.0. The highest BCUT2D eigenvalue weighted by atomic mass is 16.5. The van der Waals surface area contributed by atoms with Gasteiger partial charge in [-0.2, -0.15) is 0 Å². The number of aromatic nitrogens is 3. The van der Waals surface area contributed by atoms with Crippen LogP contribution in [0.2, 0.25) is 0 Å². The maximum atomic E-state index is 13.1. The Morgan fingerprint density at radius 1 is 0.331 bits per heavy atom. The summed E-state index contributed by atoms with van der Waals surface area (Å²) in [5, 5.41) is 12.9. The molecule has 14 rings (SSSR count). The molecule has 0 fully saturated rings. The summed E-state index contributed by atoms with van der Waals surface area (Å²) in [6, 6.07) is 65.8. The molecule has 0 saturated heterocycles. The molecule has 0 radical (unpaired) electrons. The smallest absolute Gasteiger partial charge is 0.337 e. The number of hydrogen-bond donors (Lipinski definition) is 0. The summed E-state index contributed by atoms with van der Waals surface area (Å²) in [6.07, 6.45) is 41.2. The van der Waals surface area contributed by atoms with Gasteiger partial charge in [-0.1, -0.05) is 380 Å². The molecule has 127 heavy (non-hydrogen) atoms. The maximum absolute atomic E-state index is 13.1. The molecule has 6 nitrogen and oxygen atoms in total. The summed E-state index contributed by atoms with van der Waals surface area (Å²) >= 11 is 0. The van der Waals surface area contributed by atoms with Gasteiger partial charge in [0.25, 0.3) is 0 Å². The standard InChI is InChI=1S/C121H159N3O3/c1-19-31-40-85(25-7)75-119(76-86(26-8)41-32-20-2)108-66-83(16)46-54-100(108)101-55-47-91(68-109(101)119)92-48-56-102-104-58-52-96(71-112(104)120(110(102)69-92,77-87(27-9)42-33-21-3)78-88(28-10)43-34-22-4)116-122-123-117(127-116)97-53-59-105-103-57-49-93(70-111(103)121(113(105)72-97,79-89(29-11)44-35-23-5)80-90(30-12)45-36-24-6)94-50-60-106-107-61-51-95(98-64-84(17)65-99(67-98)118(125)126-18)74-115(107)124(114(106)73-94)63-62-82(15)39-37-38-81(13)14/h46-61,64-74,81-82,85-90H,19-45,62-63,75-80H2,1-18H3. The van der Waals surface area contributed by atoms with Gasteiger partial charge in [-0.3, -0.25) is 0 Å². The Kier molecular flexibility index (Phi) is 32.0. The van der Waals surface area contributed by atoms with E-state index in [9.17, 15) is 4.79 Å². The van der Waals surface area contributed by atoms with E-state index in [0.717, 1.165) is 79.3 Å². The zero-order chi connectivity index (χ0) is 89.7. The second-order valence-electron chi connectivity index (χ2n) is 41.1. The van der Waals surface area contributed by atoms with E-state index in [4.69, 9.17) is 19.4 Å². The van der Waals surface area contributed by atoms with E-state index in [2.05, 4.69) is 274 Å². The number of unbranched alkanes of at least 4 members (excludes halogenated alkanes) is 6. The van der Waals surface area contributed by atoms with Crippen molar-refractivity contribution in [1.82, 2.24) is 14.8 Å². The molecule has 2 aromatic heterocycles. The van der Waals surface area contributed by atoms with Gasteiger partial charge in [0.05, 0.1) is 12.7 Å². The first-order chi connectivity index (χ1) is 61.7. The van der Waals surface area contributed by atoms with Gasteiger partial charge in [0.2, 0.25) is 11.8 Å². The highest BCUT2D eigenvalue weighted by Crippen LogP contribution is 2.62. The van der Waals surface area contributed by atoms with Crippen molar-refractivity contribution in [3.8, 4) is 89.7 Å². The van der Waals surface area contributed by atoms with E-state index in [0.29, 0.717) is 64.7 Å². The predicted octanol–water partition coefficient (Wildman–Crippen LogP) is 36.2. The number of methoxy groups -OCH3 is 1. The zero-order valence-electron chi connectivity index (χ0n) is 82.0. The second kappa shape index (κ2) is 43.0. The van der Waals surface area contributed by atoms with Gasteiger partial charge >= 0.3 is 5.97 Å². The van der Waals surface area contributed by atoms with Crippen molar-refractivity contribution in [2.24, 2.45) is 47.3 Å². The van der Waals surface area contributed by atoms with Crippen molar-refractivity contribution in [3.63, 3.8) is 0 Å². The molecule has 2 heterocycles. The first-order valence-electron chi connectivity index (χ1n) is 51.7. The molecule has 0 saturated carbocycles. The summed E-state index contributed by atoms with van der Waals surface area (Å²) in [7, 11) is 1.47. The van der Waals surface area contributed by atoms with Crippen LogP contribution in [0.5, 0.6) is 0 Å². The molecule has 7 atom stereocenters. The van der Waals surface area contributed by atoms with Gasteiger partial charge in [0.15, 0.2) is 0 Å². The molecule has 3 aliphatic rings. The van der Waals surface area contributed by atoms with Crippen molar-refractivity contribution in [1.29, 1.82) is 0 Å². The minimum Gasteiger partial charge on any atom is -0.465 e. The van der Waals surface area contributed by atoms with Crippen molar-refractivity contribution in [3.05, 3.63) is 214 Å². The molecule has 11 aromatic rings. The molecule has 0 spiro atoms. The maximum Gasteiger partial charge on any atom is 0.337 e. The number of ether oxygens (including phenoxy) is 1. The largest absolute Gasteiger partial charge is 0.465 e. The molecule has 676 valence electrons. The molecule has 6 heteroatoms. The molecule has 0 bridgehead atoms. The normalized spacial score (nSPS) is 17.8. The van der Waals surface area contributed by atoms with Crippen LogP contribution >= 0.6 is 0 Å². The first kappa shape index (κ1) is 94.5. The van der Waals surface area contributed by atoms with Gasteiger partial charge in [0.1, 0.15) is 0 Å². The molecule has 0 aliphatic heterocycles. The molecule has 0 N–H and O–H groups in total. The fraction of sp³-hybridized carbons (Fsp3) is 0.529. The van der Waals surface area contributed by atoms with Crippen LogP contribution in [0.4, 0.5) is 0 Å². The average Bonchev–Trinajstić information content (AvgIpc) is 1.56. The van der Waals surface area contributed by atoms with Crippen LogP contribution in [0.1, 0.15) is 377 Å². The summed E-state index contributed by atoms with van der Waals surface area (Å²) in [6.45, 7) is 41.6. The van der Waals surface area contributed by atoms with Crippen molar-refractivity contribution < 1.29 is 13.9 Å². The monoisotopic (exact) mass is 1700 g/mol. The number of nitrogens with zero attached hydrogens (tertiary/aromatic N) is 3. The second-order valence-corrected chi connectivity index (χ2v) is 41.1. The van der Waals surface area contributed by atoms with Gasteiger partial charge in [-0.25, -0.2) is 4.79 Å². The summed E-state index contributed by atoms with van der Waals surface area (Å²) in [5.74, 6) is 5.73. The Hall–Kier alpha value is -8.61. The van der Waals surface area contributed by atoms with Crippen molar-refractivity contribution in [2.45, 2.75) is 359 Å². The fourth-order valence-corrected chi connectivity index (χ4v) is 24.3. The van der Waals surface area contributed by atoms with Crippen LogP contribution in [0.3, 0.4) is 0 Å². The predicted molar refractivity (Wildman–Crippen MR) is 544 cm³/mol. The average molecular weight is 1700 g/mol. The molecule has 7 unspecified atom stereocenters. The lowest BCUT2D eigenvalue weighted by molar-refractivity contribution is 0.0600. The number of aryl methyl sites for hydroxylation is 3. The topological polar surface area (TPSA) is 70.2 Å². The van der Waals surface area contributed by atoms with E-state index in [1.165, 1.54) is 286 Å². The number of carbonyl (C=O) groups is 1. The van der Waals surface area contributed by atoms with Crippen LogP contribution in [0, 0.1) is 61.2 Å². The minimum atomic E-state index is -0.313. The van der Waals surface area contributed by atoms with Crippen molar-refractivity contribution >= 4 is 27.8 Å². The Balaban J connectivity index is 0.881. The highest BCUT2D eigenvalue weighted by Gasteiger charge is 2.50. The quantitative estimate of drug-likeness (QED) is 0.0355. The summed E-state index contributed by atoms with van der Waals surface area (Å²) in [4.78, 5) is 13.1. The lowest BCUT2D eigenvalue weighted by atomic mass is 9.64. The number of esters is 1. The van der Waals surface area contributed by atoms with Gasteiger partial charge < -0.3 is 13.7 Å². The van der Waals surface area contributed by atoms with E-state index < -0.39 is 0 Å². The van der Waals surface area contributed by atoms with E-state index in [1.807, 2.05) is 12.1 Å². The Bertz CT molecular complexity index is 5470. The fourth-order valence-electron chi connectivity index (χ4n) is 24.3. The number of carbonyl (C=O) groups excluding carboxylic acids is 1. The van der Waals surface area contributed by atoms with Crippen LogP contribution in [-0.2, 0) is 27.5 Å². The number of benzene rings is 9. The van der Waals surface area contributed by atoms with Gasteiger partial charge in [-0.05, 0) is 279 Å². The lowest BCUT2D eigenvalue weighted by Crippen LogP contribution is -2.32. The molecular weight excluding hydrogens is 1540 g/mol. The van der Waals surface area contributed by atoms with Crippen LogP contribution in [0.25, 0.3) is 111 Å². The van der Waals surface area contributed by atoms with Crippen LogP contribution < -0.4 is 0 Å². The lowest BCUT2D eigenvalue weighted by Gasteiger charge is -2.39. The van der Waals surface area contributed by atoms with E-state index in [-0.39, 0.29) is 22.2 Å². The molecule has 0 amide bonds. The van der Waals surface area contributed by atoms with Crippen molar-refractivity contribution in [2.75, 3.05) is 7.11 Å². The molecule has 9 aromatic carbocycles. The molecule has 3 aliphatic carbocycles. The van der Waals surface area contributed by atoms with E-state index in [1.54, 1.807) is 11.1 Å². The Morgan fingerprint density at radius 2 is 0.646 bits per heavy atom. The van der Waals surface area contributed by atoms with Crippen LogP contribution in [0.15, 0.2) is 168 Å². The molecular formula is C121H159N3O3. The SMILES string of the molecule is CCCCC(CC)CC1(CC(CC)CCCC)c2cc(C)ccc2-c2ccc(-c3ccc4c(c3)C(CC(CC)CCCC)(CC(CC)CCCC)c3cc(-c5nnc(-c6ccc7c(c6)C(CC(CC)CCCC)(CC(CC)CCCC)c6cc(-c8ccc9c%10ccc(-c%11cc(C)cc(C(=O)OC)c%11)cc%10n(CCC(C)CCCC(C)C)c9c8)ccc6-7)o5)ccc3-4)cc21. The number of fused-ring (bicyclic) bond motifs is 12. The highest BCUT2D eigenvalue weighted by molar-refractivity contribution is 6.10. The van der Waals surface area contributed by atoms with Gasteiger partial charge in [0, 0.05) is 55.7 Å². The summed E-state index contributed by atoms with van der Waals surface area (Å²) < 4.78 is 15.3. The van der Waals surface area contributed by atoms with Gasteiger partial charge in [-0.15, -0.1) is 10.2 Å². The number of hydrogen-bond acceptors (Lipinski definition) is 5. The Morgan fingerprint density at radius 3 is 0.984 bits per heavy atom. The minimum absolute atomic E-state index is 0.0485. The van der Waals surface area contributed by atoms with E-state index >= 15 is 0 Å². The third-order valence-corrected chi connectivity index (χ3v) is 31.9.